The summed E-state index contributed by atoms with van der Waals surface area (Å²) >= 11 is 1.03. The molecule has 2 amide bonds. The first-order valence-corrected chi connectivity index (χ1v) is 7.02. The van der Waals surface area contributed by atoms with Gasteiger partial charge < -0.3 is 15.3 Å². The number of terminal acetylenes is 1. The lowest BCUT2D eigenvalue weighted by atomic mass is 10.2. The molecule has 1 atom stereocenters. The number of carbonyl (C=O) groups excluding carboxylic acids is 2. The van der Waals surface area contributed by atoms with Crippen molar-refractivity contribution in [3.05, 3.63) is 0 Å². The largest absolute Gasteiger partial charge is 0.481 e. The second kappa shape index (κ2) is 7.69. The van der Waals surface area contributed by atoms with Crippen LogP contribution in [0.3, 0.4) is 0 Å². The molecule has 19 heavy (non-hydrogen) atoms. The van der Waals surface area contributed by atoms with Gasteiger partial charge in [0, 0.05) is 19.5 Å². The number of thioether (sulfide) groups is 1. The first-order valence-electron chi connectivity index (χ1n) is 5.86. The Hall–Kier alpha value is -1.68. The first kappa shape index (κ1) is 15.4. The molecule has 0 saturated carbocycles. The van der Waals surface area contributed by atoms with E-state index in [4.69, 9.17) is 11.5 Å². The van der Waals surface area contributed by atoms with Crippen molar-refractivity contribution >= 4 is 29.5 Å². The third kappa shape index (κ3) is 5.22. The fourth-order valence-corrected chi connectivity index (χ4v) is 2.35. The van der Waals surface area contributed by atoms with Crippen LogP contribution < -0.4 is 5.32 Å². The molecule has 0 radical (unpaired) electrons. The molecule has 0 aromatic heterocycles. The van der Waals surface area contributed by atoms with Gasteiger partial charge in [-0.3, -0.25) is 14.4 Å². The van der Waals surface area contributed by atoms with E-state index in [1.165, 1.54) is 0 Å². The minimum Gasteiger partial charge on any atom is -0.481 e. The topological polar surface area (TPSA) is 86.7 Å². The maximum Gasteiger partial charge on any atom is 0.313 e. The van der Waals surface area contributed by atoms with Crippen LogP contribution in [0, 0.1) is 12.3 Å². The number of rotatable bonds is 7. The van der Waals surface area contributed by atoms with Crippen LogP contribution in [-0.4, -0.2) is 58.4 Å². The van der Waals surface area contributed by atoms with Crippen LogP contribution in [0.1, 0.15) is 12.8 Å². The summed E-state index contributed by atoms with van der Waals surface area (Å²) in [7, 11) is 0. The molecule has 1 aliphatic rings. The number of carboxylic acids is 1. The van der Waals surface area contributed by atoms with Crippen molar-refractivity contribution in [2.75, 3.05) is 24.6 Å². The number of carbonyl (C=O) groups is 3. The average molecular weight is 284 g/mol. The molecule has 0 aromatic carbocycles. The SMILES string of the molecule is C#C[C@@H]1CCC(=O)N1CCNC(=O)CSCC(=O)O. The zero-order valence-electron chi connectivity index (χ0n) is 10.4. The van der Waals surface area contributed by atoms with E-state index in [1.54, 1.807) is 4.90 Å². The van der Waals surface area contributed by atoms with Crippen LogP contribution in [0.4, 0.5) is 0 Å². The van der Waals surface area contributed by atoms with Gasteiger partial charge in [-0.05, 0) is 6.42 Å². The molecule has 1 heterocycles. The summed E-state index contributed by atoms with van der Waals surface area (Å²) < 4.78 is 0. The fourth-order valence-electron chi connectivity index (χ4n) is 1.79. The van der Waals surface area contributed by atoms with E-state index in [1.807, 2.05) is 0 Å². The fraction of sp³-hybridized carbons (Fsp3) is 0.583. The predicted molar refractivity (Wildman–Crippen MR) is 71.5 cm³/mol. The maximum absolute atomic E-state index is 11.5. The molecular formula is C12H16N2O4S. The van der Waals surface area contributed by atoms with E-state index in [2.05, 4.69) is 11.2 Å². The van der Waals surface area contributed by atoms with Crippen LogP contribution in [-0.2, 0) is 14.4 Å². The molecule has 7 heteroatoms. The van der Waals surface area contributed by atoms with E-state index < -0.39 is 5.97 Å². The van der Waals surface area contributed by atoms with Crippen LogP contribution >= 0.6 is 11.8 Å². The summed E-state index contributed by atoms with van der Waals surface area (Å²) in [5, 5.41) is 11.0. The first-order chi connectivity index (χ1) is 9.04. The van der Waals surface area contributed by atoms with Gasteiger partial charge >= 0.3 is 5.97 Å². The minimum atomic E-state index is -0.947. The summed E-state index contributed by atoms with van der Waals surface area (Å²) in [6, 6.07) is -0.175. The van der Waals surface area contributed by atoms with Gasteiger partial charge in [0.25, 0.3) is 0 Å². The molecule has 0 aliphatic carbocycles. The highest BCUT2D eigenvalue weighted by atomic mass is 32.2. The second-order valence-corrected chi connectivity index (χ2v) is 5.03. The van der Waals surface area contributed by atoms with E-state index >= 15 is 0 Å². The number of nitrogens with zero attached hydrogens (tertiary/aromatic N) is 1. The van der Waals surface area contributed by atoms with Gasteiger partial charge in [0.1, 0.15) is 0 Å². The number of hydrogen-bond acceptors (Lipinski definition) is 4. The third-order valence-electron chi connectivity index (χ3n) is 2.65. The highest BCUT2D eigenvalue weighted by molar-refractivity contribution is 8.00. The Kier molecular flexibility index (Phi) is 6.22. The Morgan fingerprint density at radius 3 is 2.89 bits per heavy atom. The quantitative estimate of drug-likeness (QED) is 0.618. The number of aliphatic carboxylic acids is 1. The number of hydrogen-bond donors (Lipinski definition) is 2. The standard InChI is InChI=1S/C12H16N2O4S/c1-2-9-3-4-11(16)14(9)6-5-13-10(15)7-19-8-12(17)18/h1,9H,3-8H2,(H,13,15)(H,17,18)/t9-/m1/s1. The van der Waals surface area contributed by atoms with E-state index in [0.717, 1.165) is 11.8 Å². The van der Waals surface area contributed by atoms with E-state index in [9.17, 15) is 14.4 Å². The normalized spacial score (nSPS) is 18.2. The zero-order chi connectivity index (χ0) is 14.3. The maximum atomic E-state index is 11.5. The van der Waals surface area contributed by atoms with Gasteiger partial charge in [0.15, 0.2) is 0 Å². The minimum absolute atomic E-state index is 0.0115. The van der Waals surface area contributed by atoms with Crippen LogP contribution in [0.2, 0.25) is 0 Å². The molecule has 104 valence electrons. The summed E-state index contributed by atoms with van der Waals surface area (Å²) in [5.74, 6) is 1.37. The van der Waals surface area contributed by atoms with E-state index in [-0.39, 0.29) is 29.4 Å². The summed E-state index contributed by atoms with van der Waals surface area (Å²) in [4.78, 5) is 34.7. The molecule has 0 bridgehead atoms. The molecule has 1 aliphatic heterocycles. The molecule has 2 N–H and O–H groups in total. The summed E-state index contributed by atoms with van der Waals surface area (Å²) in [5.41, 5.74) is 0. The highest BCUT2D eigenvalue weighted by Crippen LogP contribution is 2.16. The molecule has 0 aromatic rings. The van der Waals surface area contributed by atoms with Gasteiger partial charge in [-0.1, -0.05) is 5.92 Å². The van der Waals surface area contributed by atoms with Crippen molar-refractivity contribution in [1.82, 2.24) is 10.2 Å². The third-order valence-corrected chi connectivity index (χ3v) is 3.57. The van der Waals surface area contributed by atoms with Gasteiger partial charge in [0.05, 0.1) is 17.5 Å². The molecule has 1 rings (SSSR count). The van der Waals surface area contributed by atoms with Crippen molar-refractivity contribution in [1.29, 1.82) is 0 Å². The lowest BCUT2D eigenvalue weighted by Gasteiger charge is -2.20. The van der Waals surface area contributed by atoms with Gasteiger partial charge in [-0.15, -0.1) is 18.2 Å². The van der Waals surface area contributed by atoms with Crippen LogP contribution in [0.5, 0.6) is 0 Å². The Morgan fingerprint density at radius 1 is 1.53 bits per heavy atom. The Labute approximate surface area is 115 Å². The molecule has 0 unspecified atom stereocenters. The van der Waals surface area contributed by atoms with Crippen molar-refractivity contribution in [3.8, 4) is 12.3 Å². The number of amides is 2. The summed E-state index contributed by atoms with van der Waals surface area (Å²) in [6.07, 6.45) is 6.44. The Morgan fingerprint density at radius 2 is 2.26 bits per heavy atom. The van der Waals surface area contributed by atoms with Crippen molar-refractivity contribution < 1.29 is 19.5 Å². The molecule has 1 fully saturated rings. The Balaban J connectivity index is 2.19. The number of carboxylic acid groups (broad SMARTS) is 1. The monoisotopic (exact) mass is 284 g/mol. The van der Waals surface area contributed by atoms with E-state index in [0.29, 0.717) is 25.9 Å². The second-order valence-electron chi connectivity index (χ2n) is 4.04. The van der Waals surface area contributed by atoms with Crippen LogP contribution in [0.15, 0.2) is 0 Å². The smallest absolute Gasteiger partial charge is 0.313 e. The highest BCUT2D eigenvalue weighted by Gasteiger charge is 2.28. The van der Waals surface area contributed by atoms with Crippen LogP contribution in [0.25, 0.3) is 0 Å². The molecular weight excluding hydrogens is 268 g/mol. The average Bonchev–Trinajstić information content (AvgIpc) is 2.70. The molecule has 1 saturated heterocycles. The van der Waals surface area contributed by atoms with Crippen molar-refractivity contribution in [2.45, 2.75) is 18.9 Å². The number of nitrogens with one attached hydrogen (secondary N) is 1. The lowest BCUT2D eigenvalue weighted by molar-refractivity contribution is -0.134. The Bertz CT molecular complexity index is 405. The van der Waals surface area contributed by atoms with Gasteiger partial charge in [0.2, 0.25) is 11.8 Å². The van der Waals surface area contributed by atoms with Crippen molar-refractivity contribution in [2.24, 2.45) is 0 Å². The van der Waals surface area contributed by atoms with Crippen molar-refractivity contribution in [3.63, 3.8) is 0 Å². The predicted octanol–water partition coefficient (Wildman–Crippen LogP) is -0.455. The van der Waals surface area contributed by atoms with Gasteiger partial charge in [-0.25, -0.2) is 0 Å². The molecule has 0 spiro atoms. The van der Waals surface area contributed by atoms with Gasteiger partial charge in [-0.2, -0.15) is 0 Å². The molecule has 6 nitrogen and oxygen atoms in total. The zero-order valence-corrected chi connectivity index (χ0v) is 11.2. The number of likely N-dealkylation sites (tertiary alicyclic amines) is 1. The summed E-state index contributed by atoms with van der Waals surface area (Å²) in [6.45, 7) is 0.722. The lowest BCUT2D eigenvalue weighted by Crippen LogP contribution is -2.39.